The number of hydrogen-bond donors (Lipinski definition) is 2. The highest BCUT2D eigenvalue weighted by Crippen LogP contribution is 2.33. The number of pyridine rings is 1. The number of rotatable bonds is 6. The minimum atomic E-state index is -0.571. The van der Waals surface area contributed by atoms with Gasteiger partial charge in [0.25, 0.3) is 5.91 Å². The van der Waals surface area contributed by atoms with Crippen molar-refractivity contribution in [1.29, 1.82) is 0 Å². The number of piperazine rings is 1. The van der Waals surface area contributed by atoms with Crippen molar-refractivity contribution in [3.05, 3.63) is 59.9 Å². The van der Waals surface area contributed by atoms with E-state index in [9.17, 15) is 4.79 Å². The molecule has 8 nitrogen and oxygen atoms in total. The molecule has 1 saturated heterocycles. The highest BCUT2D eigenvalue weighted by Gasteiger charge is 2.35. The van der Waals surface area contributed by atoms with Crippen molar-refractivity contribution < 1.29 is 9.18 Å². The summed E-state index contributed by atoms with van der Waals surface area (Å²) in [6, 6.07) is 8.81. The Labute approximate surface area is 210 Å². The molecule has 3 heterocycles. The summed E-state index contributed by atoms with van der Waals surface area (Å²) < 4.78 is 15.2. The maximum atomic E-state index is 15.2. The van der Waals surface area contributed by atoms with E-state index in [1.54, 1.807) is 18.3 Å². The van der Waals surface area contributed by atoms with Crippen LogP contribution in [0.3, 0.4) is 0 Å². The van der Waals surface area contributed by atoms with Crippen LogP contribution in [0.15, 0.2) is 42.9 Å². The van der Waals surface area contributed by atoms with Crippen LogP contribution in [0, 0.1) is 5.82 Å². The normalized spacial score (nSPS) is 20.6. The molecule has 1 saturated carbocycles. The molecule has 3 aromatic rings. The van der Waals surface area contributed by atoms with Gasteiger partial charge in [0.15, 0.2) is 0 Å². The Morgan fingerprint density at radius 3 is 2.50 bits per heavy atom. The van der Waals surface area contributed by atoms with E-state index in [0.29, 0.717) is 29.5 Å². The van der Waals surface area contributed by atoms with E-state index in [1.165, 1.54) is 18.5 Å². The second kappa shape index (κ2) is 10.3. The Hall–Kier alpha value is -3.43. The molecule has 188 valence electrons. The average molecular weight is 490 g/mol. The quantitative estimate of drug-likeness (QED) is 0.549. The van der Waals surface area contributed by atoms with Crippen molar-refractivity contribution in [3.63, 3.8) is 0 Å². The maximum absolute atomic E-state index is 15.2. The Morgan fingerprint density at radius 2 is 1.83 bits per heavy atom. The number of carbonyl (C=O) groups is 1. The molecule has 0 bridgehead atoms. The van der Waals surface area contributed by atoms with E-state index in [0.717, 1.165) is 55.8 Å². The van der Waals surface area contributed by atoms with E-state index in [1.807, 2.05) is 13.0 Å². The summed E-state index contributed by atoms with van der Waals surface area (Å²) in [5.74, 6) is -0.531. The molecule has 0 radical (unpaired) electrons. The van der Waals surface area contributed by atoms with Crippen molar-refractivity contribution in [2.75, 3.05) is 39.0 Å². The lowest BCUT2D eigenvalue weighted by atomic mass is 9.85. The number of benzene rings is 1. The Kier molecular flexibility index (Phi) is 6.93. The van der Waals surface area contributed by atoms with Gasteiger partial charge in [-0.05, 0) is 50.6 Å². The molecule has 2 aromatic heterocycles. The topological polar surface area (TPSA) is 100 Å². The minimum absolute atomic E-state index is 0.0438. The smallest absolute Gasteiger partial charge is 0.254 e. The summed E-state index contributed by atoms with van der Waals surface area (Å²) in [7, 11) is 2.14. The predicted octanol–water partition coefficient (Wildman–Crippen LogP) is 3.00. The molecule has 1 aliphatic heterocycles. The van der Waals surface area contributed by atoms with Crippen LogP contribution < -0.4 is 11.1 Å². The summed E-state index contributed by atoms with van der Waals surface area (Å²) in [6.45, 7) is 6.29. The van der Waals surface area contributed by atoms with Gasteiger partial charge < -0.3 is 16.0 Å². The molecule has 3 N–H and O–H groups in total. The van der Waals surface area contributed by atoms with Crippen LogP contribution in [0.4, 0.5) is 10.2 Å². The van der Waals surface area contributed by atoms with Gasteiger partial charge in [0.2, 0.25) is 0 Å². The first-order chi connectivity index (χ1) is 17.4. The molecule has 1 amide bonds. The van der Waals surface area contributed by atoms with Crippen LogP contribution in [0.25, 0.3) is 22.4 Å². The lowest BCUT2D eigenvalue weighted by Crippen LogP contribution is -2.58. The Bertz CT molecular complexity index is 1240. The van der Waals surface area contributed by atoms with E-state index in [-0.39, 0.29) is 17.5 Å². The lowest BCUT2D eigenvalue weighted by Gasteiger charge is -2.46. The molecule has 1 aliphatic carbocycles. The SMILES string of the molecule is CCc1ncnc(-c2ccc(C(=O)NC3CC(N4CCN(C)CC4)C3)c(F)c2)c1-c1ccc(N)nc1. The van der Waals surface area contributed by atoms with Crippen molar-refractivity contribution in [1.82, 2.24) is 30.1 Å². The van der Waals surface area contributed by atoms with Gasteiger partial charge in [-0.15, -0.1) is 0 Å². The number of aromatic nitrogens is 3. The van der Waals surface area contributed by atoms with Gasteiger partial charge in [-0.1, -0.05) is 13.0 Å². The fourth-order valence-electron chi connectivity index (χ4n) is 5.07. The van der Waals surface area contributed by atoms with Crippen LogP contribution in [0.5, 0.6) is 0 Å². The van der Waals surface area contributed by atoms with E-state index < -0.39 is 5.82 Å². The van der Waals surface area contributed by atoms with Crippen LogP contribution in [-0.4, -0.2) is 76.0 Å². The number of nitrogens with two attached hydrogens (primary N) is 1. The van der Waals surface area contributed by atoms with Crippen LogP contribution >= 0.6 is 0 Å². The fourth-order valence-corrected chi connectivity index (χ4v) is 5.07. The molecule has 0 spiro atoms. The molecule has 5 rings (SSSR count). The summed E-state index contributed by atoms with van der Waals surface area (Å²) in [6.07, 6.45) is 5.65. The first-order valence-electron chi connectivity index (χ1n) is 12.5. The number of anilines is 1. The van der Waals surface area contributed by atoms with Crippen LogP contribution in [0.2, 0.25) is 0 Å². The fraction of sp³-hybridized carbons (Fsp3) is 0.407. The summed E-state index contributed by atoms with van der Waals surface area (Å²) in [4.78, 5) is 30.7. The second-order valence-corrected chi connectivity index (χ2v) is 9.70. The Morgan fingerprint density at radius 1 is 1.08 bits per heavy atom. The number of amides is 1. The van der Waals surface area contributed by atoms with Gasteiger partial charge in [-0.3, -0.25) is 9.69 Å². The van der Waals surface area contributed by atoms with Gasteiger partial charge in [0, 0.05) is 61.1 Å². The van der Waals surface area contributed by atoms with Gasteiger partial charge in [-0.25, -0.2) is 19.3 Å². The first kappa shape index (κ1) is 24.3. The molecule has 2 aliphatic rings. The minimum Gasteiger partial charge on any atom is -0.384 e. The molecule has 2 fully saturated rings. The number of nitrogen functional groups attached to an aromatic ring is 1. The van der Waals surface area contributed by atoms with Gasteiger partial charge in [0.1, 0.15) is 18.0 Å². The summed E-state index contributed by atoms with van der Waals surface area (Å²) in [5, 5.41) is 3.01. The zero-order chi connectivity index (χ0) is 25.2. The maximum Gasteiger partial charge on any atom is 0.254 e. The number of hydrogen-bond acceptors (Lipinski definition) is 7. The molecule has 0 unspecified atom stereocenters. The molecule has 9 heteroatoms. The molecular formula is C27H32FN7O. The van der Waals surface area contributed by atoms with Gasteiger partial charge in [0.05, 0.1) is 17.0 Å². The van der Waals surface area contributed by atoms with Crippen molar-refractivity contribution >= 4 is 11.7 Å². The Balaban J connectivity index is 1.31. The second-order valence-electron chi connectivity index (χ2n) is 9.70. The lowest BCUT2D eigenvalue weighted by molar-refractivity contribution is 0.0500. The number of carbonyl (C=O) groups excluding carboxylic acids is 1. The standard InChI is InChI=1S/C27H32FN7O/c1-3-23-25(18-5-7-24(29)30-15-18)26(32-16-31-23)17-4-6-21(22(28)12-17)27(36)33-19-13-20(14-19)35-10-8-34(2)9-11-35/h4-7,12,15-16,19-20H,3,8-11,13-14H2,1-2H3,(H2,29,30)(H,33,36). The average Bonchev–Trinajstić information content (AvgIpc) is 2.86. The summed E-state index contributed by atoms with van der Waals surface area (Å²) in [5.41, 5.74) is 9.38. The monoisotopic (exact) mass is 489 g/mol. The van der Waals surface area contributed by atoms with E-state index in [2.05, 4.69) is 37.1 Å². The highest BCUT2D eigenvalue weighted by molar-refractivity contribution is 5.95. The van der Waals surface area contributed by atoms with E-state index >= 15 is 4.39 Å². The number of nitrogens with one attached hydrogen (secondary N) is 1. The number of halogens is 1. The van der Waals surface area contributed by atoms with E-state index in [4.69, 9.17) is 5.73 Å². The number of aryl methyl sites for hydroxylation is 1. The summed E-state index contributed by atoms with van der Waals surface area (Å²) >= 11 is 0. The molecule has 0 atom stereocenters. The van der Waals surface area contributed by atoms with Crippen LogP contribution in [-0.2, 0) is 6.42 Å². The predicted molar refractivity (Wildman–Crippen MR) is 138 cm³/mol. The molecule has 36 heavy (non-hydrogen) atoms. The third kappa shape index (κ3) is 4.94. The molecular weight excluding hydrogens is 457 g/mol. The third-order valence-corrected chi connectivity index (χ3v) is 7.33. The third-order valence-electron chi connectivity index (χ3n) is 7.33. The number of likely N-dealkylation sites (N-methyl/N-ethyl adjacent to an activating group) is 1. The highest BCUT2D eigenvalue weighted by atomic mass is 19.1. The number of nitrogens with zero attached hydrogens (tertiary/aromatic N) is 5. The van der Waals surface area contributed by atoms with Gasteiger partial charge in [-0.2, -0.15) is 0 Å². The van der Waals surface area contributed by atoms with Crippen LogP contribution in [0.1, 0.15) is 35.8 Å². The zero-order valence-corrected chi connectivity index (χ0v) is 20.7. The molecule has 1 aromatic carbocycles. The van der Waals surface area contributed by atoms with Crippen molar-refractivity contribution in [2.45, 2.75) is 38.3 Å². The zero-order valence-electron chi connectivity index (χ0n) is 20.7. The van der Waals surface area contributed by atoms with Crippen molar-refractivity contribution in [3.8, 4) is 22.4 Å². The van der Waals surface area contributed by atoms with Gasteiger partial charge >= 0.3 is 0 Å². The largest absolute Gasteiger partial charge is 0.384 e. The van der Waals surface area contributed by atoms with Crippen molar-refractivity contribution in [2.24, 2.45) is 0 Å². The first-order valence-corrected chi connectivity index (χ1v) is 12.5.